The summed E-state index contributed by atoms with van der Waals surface area (Å²) in [5.74, 6) is 0.241. The van der Waals surface area contributed by atoms with Gasteiger partial charge in [0, 0.05) is 27.7 Å². The average Bonchev–Trinajstić information content (AvgIpc) is 2.57. The predicted octanol–water partition coefficient (Wildman–Crippen LogP) is 6.45. The van der Waals surface area contributed by atoms with Crippen LogP contribution in [0.3, 0.4) is 0 Å². The molecular weight excluding hydrogens is 446 g/mol. The molecule has 4 nitrogen and oxygen atoms in total. The van der Waals surface area contributed by atoms with E-state index in [4.69, 9.17) is 11.6 Å². The van der Waals surface area contributed by atoms with Crippen LogP contribution in [-0.4, -0.2) is 17.7 Å². The molecule has 27 heavy (non-hydrogen) atoms. The van der Waals surface area contributed by atoms with E-state index in [1.54, 1.807) is 0 Å². The van der Waals surface area contributed by atoms with Crippen molar-refractivity contribution in [1.29, 1.82) is 0 Å². The van der Waals surface area contributed by atoms with E-state index >= 15 is 0 Å². The Bertz CT molecular complexity index is 799. The first-order valence-electron chi connectivity index (χ1n) is 8.54. The monoisotopic (exact) mass is 467 g/mol. The highest BCUT2D eigenvalue weighted by Gasteiger charge is 2.14. The van der Waals surface area contributed by atoms with Crippen molar-refractivity contribution >= 4 is 56.2 Å². The minimum Gasteiger partial charge on any atom is -0.308 e. The van der Waals surface area contributed by atoms with Crippen LogP contribution in [0.15, 0.2) is 62.4 Å². The second-order valence-electron chi connectivity index (χ2n) is 6.49. The third kappa shape index (κ3) is 7.56. The first-order chi connectivity index (χ1) is 12.7. The summed E-state index contributed by atoms with van der Waals surface area (Å²) < 4.78 is 0.908. The number of hydrogen-bond donors (Lipinski definition) is 2. The Morgan fingerprint density at radius 2 is 2.07 bits per heavy atom. The zero-order chi connectivity index (χ0) is 20.0. The first kappa shape index (κ1) is 21.8. The van der Waals surface area contributed by atoms with Crippen LogP contribution in [0.25, 0.3) is 0 Å². The molecule has 7 heteroatoms. The van der Waals surface area contributed by atoms with Gasteiger partial charge in [-0.05, 0) is 47.6 Å². The molecule has 0 bridgehead atoms. The number of nitrogens with one attached hydrogen (secondary N) is 2. The molecule has 1 aliphatic heterocycles. The summed E-state index contributed by atoms with van der Waals surface area (Å²) in [6, 6.07) is 5.38. The van der Waals surface area contributed by atoms with Gasteiger partial charge in [-0.15, -0.1) is 0 Å². The van der Waals surface area contributed by atoms with Gasteiger partial charge in [-0.3, -0.25) is 10.3 Å². The van der Waals surface area contributed by atoms with Gasteiger partial charge < -0.3 is 5.32 Å². The van der Waals surface area contributed by atoms with Crippen molar-refractivity contribution in [2.24, 2.45) is 16.8 Å². The molecule has 2 amide bonds. The lowest BCUT2D eigenvalue weighted by Crippen LogP contribution is -2.33. The minimum atomic E-state index is -0.342. The van der Waals surface area contributed by atoms with Gasteiger partial charge in [0.2, 0.25) is 0 Å². The van der Waals surface area contributed by atoms with E-state index in [-0.39, 0.29) is 17.9 Å². The summed E-state index contributed by atoms with van der Waals surface area (Å²) in [7, 11) is 0. The molecule has 1 heterocycles. The molecule has 1 aromatic carbocycles. The van der Waals surface area contributed by atoms with Crippen LogP contribution in [0, 0.1) is 18.8 Å². The van der Waals surface area contributed by atoms with Crippen molar-refractivity contribution < 1.29 is 4.79 Å². The fourth-order valence-electron chi connectivity index (χ4n) is 2.31. The van der Waals surface area contributed by atoms with Crippen LogP contribution in [0.5, 0.6) is 0 Å². The number of carbonyl (C=O) groups is 1. The lowest BCUT2D eigenvalue weighted by atomic mass is 10.1. The highest BCUT2D eigenvalue weighted by molar-refractivity contribution is 9.10. The van der Waals surface area contributed by atoms with E-state index < -0.39 is 0 Å². The van der Waals surface area contributed by atoms with Crippen LogP contribution in [0.2, 0.25) is 0 Å². The Hall–Kier alpha value is -1.50. The van der Waals surface area contributed by atoms with Gasteiger partial charge in [-0.1, -0.05) is 71.9 Å². The number of amidine groups is 1. The number of rotatable bonds is 1. The molecule has 2 unspecified atom stereocenters. The SMILES string of the molecule is C=C1SC(NC(=O)Nc2cc(C)cc(Br)c2)=NCC(C)/C=C\C(Cl)=C/C1C. The van der Waals surface area contributed by atoms with Gasteiger partial charge >= 0.3 is 6.03 Å². The number of urea groups is 1. The van der Waals surface area contributed by atoms with Crippen molar-refractivity contribution in [2.45, 2.75) is 20.8 Å². The number of allylic oxidation sites excluding steroid dienone is 4. The first-order valence-corrected chi connectivity index (χ1v) is 10.5. The normalized spacial score (nSPS) is 24.1. The molecule has 2 N–H and O–H groups in total. The van der Waals surface area contributed by atoms with E-state index in [1.165, 1.54) is 11.8 Å². The van der Waals surface area contributed by atoms with E-state index in [0.717, 1.165) is 14.9 Å². The second-order valence-corrected chi connectivity index (χ2v) is 8.95. The lowest BCUT2D eigenvalue weighted by molar-refractivity contribution is 0.256. The topological polar surface area (TPSA) is 53.5 Å². The summed E-state index contributed by atoms with van der Waals surface area (Å²) in [6.07, 6.45) is 5.83. The van der Waals surface area contributed by atoms with Gasteiger partial charge in [0.25, 0.3) is 0 Å². The number of hydrogen-bond acceptors (Lipinski definition) is 3. The zero-order valence-electron chi connectivity index (χ0n) is 15.6. The fourth-order valence-corrected chi connectivity index (χ4v) is 3.97. The molecule has 1 aliphatic rings. The second kappa shape index (κ2) is 10.2. The van der Waals surface area contributed by atoms with E-state index in [1.807, 2.05) is 57.2 Å². The van der Waals surface area contributed by atoms with Crippen LogP contribution >= 0.6 is 39.3 Å². The smallest absolute Gasteiger partial charge is 0.308 e. The molecule has 0 spiro atoms. The van der Waals surface area contributed by atoms with Crippen molar-refractivity contribution in [2.75, 3.05) is 11.9 Å². The van der Waals surface area contributed by atoms with Crippen molar-refractivity contribution in [3.05, 3.63) is 63.0 Å². The fraction of sp³-hybridized carbons (Fsp3) is 0.300. The standard InChI is InChI=1S/C20H23BrClN3OS/c1-12-5-6-17(22)9-14(3)15(4)27-20(23-11-12)25-19(26)24-18-8-13(2)7-16(21)10-18/h5-10,12,14H,4,11H2,1-3H3,(H2,23,24,25,26)/b6-5-,17-9+. The third-order valence-electron chi connectivity index (χ3n) is 3.77. The molecule has 0 aliphatic carbocycles. The highest BCUT2D eigenvalue weighted by atomic mass is 79.9. The van der Waals surface area contributed by atoms with Gasteiger partial charge in [-0.25, -0.2) is 4.79 Å². The number of benzene rings is 1. The number of halogens is 2. The Kier molecular flexibility index (Phi) is 8.20. The van der Waals surface area contributed by atoms with Crippen LogP contribution < -0.4 is 10.6 Å². The number of aliphatic imine (C=N–C) groups is 1. The molecule has 0 fully saturated rings. The molecular formula is C20H23BrClN3OS. The van der Waals surface area contributed by atoms with Crippen LogP contribution in [0.1, 0.15) is 19.4 Å². The quantitative estimate of drug-likeness (QED) is 0.498. The van der Waals surface area contributed by atoms with Gasteiger partial charge in [-0.2, -0.15) is 0 Å². The maximum absolute atomic E-state index is 12.4. The van der Waals surface area contributed by atoms with Crippen LogP contribution in [-0.2, 0) is 0 Å². The summed E-state index contributed by atoms with van der Waals surface area (Å²) in [5.41, 5.74) is 1.76. The largest absolute Gasteiger partial charge is 0.325 e. The summed E-state index contributed by atoms with van der Waals surface area (Å²) in [6.45, 7) is 10.7. The van der Waals surface area contributed by atoms with E-state index in [2.05, 4.69) is 38.1 Å². The number of thioether (sulfide) groups is 1. The Labute approximate surface area is 178 Å². The lowest BCUT2D eigenvalue weighted by Gasteiger charge is -2.14. The zero-order valence-corrected chi connectivity index (χ0v) is 18.7. The summed E-state index contributed by atoms with van der Waals surface area (Å²) >= 11 is 11.0. The number of nitrogens with zero attached hydrogens (tertiary/aromatic N) is 1. The van der Waals surface area contributed by atoms with Crippen LogP contribution in [0.4, 0.5) is 10.5 Å². The maximum Gasteiger partial charge on any atom is 0.325 e. The predicted molar refractivity (Wildman–Crippen MR) is 121 cm³/mol. The molecule has 0 saturated carbocycles. The average molecular weight is 469 g/mol. The van der Waals surface area contributed by atoms with E-state index in [0.29, 0.717) is 22.4 Å². The summed E-state index contributed by atoms with van der Waals surface area (Å²) in [4.78, 5) is 17.8. The van der Waals surface area contributed by atoms with E-state index in [9.17, 15) is 4.79 Å². The minimum absolute atomic E-state index is 0.0448. The Morgan fingerprint density at radius 3 is 2.78 bits per heavy atom. The van der Waals surface area contributed by atoms with Gasteiger partial charge in [0.05, 0.1) is 0 Å². The number of anilines is 1. The Morgan fingerprint density at radius 1 is 1.33 bits per heavy atom. The number of carbonyl (C=O) groups excluding carboxylic acids is 1. The molecule has 0 aromatic heterocycles. The van der Waals surface area contributed by atoms with Crippen molar-refractivity contribution in [3.63, 3.8) is 0 Å². The Balaban J connectivity index is 2.13. The molecule has 2 rings (SSSR count). The third-order valence-corrected chi connectivity index (χ3v) is 5.54. The molecule has 144 valence electrons. The number of aryl methyl sites for hydroxylation is 1. The van der Waals surface area contributed by atoms with Crippen molar-refractivity contribution in [3.8, 4) is 0 Å². The maximum atomic E-state index is 12.4. The molecule has 0 saturated heterocycles. The molecule has 0 radical (unpaired) electrons. The van der Waals surface area contributed by atoms with Gasteiger partial charge in [0.1, 0.15) is 0 Å². The van der Waals surface area contributed by atoms with Crippen molar-refractivity contribution in [1.82, 2.24) is 5.32 Å². The molecule has 1 aromatic rings. The highest BCUT2D eigenvalue weighted by Crippen LogP contribution is 2.27. The number of amides is 2. The van der Waals surface area contributed by atoms with Gasteiger partial charge in [0.15, 0.2) is 5.17 Å². The summed E-state index contributed by atoms with van der Waals surface area (Å²) in [5, 5.41) is 6.87. The molecule has 2 atom stereocenters.